The fraction of sp³-hybridized carbons (Fsp3) is 0.400. The summed E-state index contributed by atoms with van der Waals surface area (Å²) in [5.74, 6) is 0. The van der Waals surface area contributed by atoms with Crippen molar-refractivity contribution in [3.05, 3.63) is 23.5 Å². The molecule has 0 rings (SSSR count). The molecule has 0 spiro atoms. The molecule has 0 aromatic rings. The summed E-state index contributed by atoms with van der Waals surface area (Å²) in [6, 6.07) is 0. The molecule has 0 heterocycles. The standard InChI is InChI=1S/C10H16ClIN4O/c1-3-16-5-6(9(11)13)8(17)7(4-15-2)10(12)14/h4-5,8,13-17H,3H2,1-2H3/b6-5-,7-4-,13-9?,14-10?. The third-order valence-electron chi connectivity index (χ3n) is 1.86. The molecule has 5 N–H and O–H groups in total. The minimum atomic E-state index is -1.10. The second-order valence-electron chi connectivity index (χ2n) is 3.08. The Morgan fingerprint density at radius 2 is 2.00 bits per heavy atom. The molecule has 96 valence electrons. The van der Waals surface area contributed by atoms with E-state index in [1.807, 2.05) is 6.92 Å². The van der Waals surface area contributed by atoms with Gasteiger partial charge < -0.3 is 15.7 Å². The largest absolute Gasteiger partial charge is 0.394 e. The fourth-order valence-electron chi connectivity index (χ4n) is 1.06. The minimum absolute atomic E-state index is 0.185. The van der Waals surface area contributed by atoms with E-state index in [0.29, 0.717) is 12.1 Å². The average molecular weight is 371 g/mol. The lowest BCUT2D eigenvalue weighted by molar-refractivity contribution is 0.258. The highest BCUT2D eigenvalue weighted by Gasteiger charge is 2.21. The maximum absolute atomic E-state index is 10.1. The van der Waals surface area contributed by atoms with Crippen LogP contribution >= 0.6 is 34.2 Å². The van der Waals surface area contributed by atoms with Gasteiger partial charge in [0.25, 0.3) is 0 Å². The number of hydrogen-bond donors (Lipinski definition) is 5. The van der Waals surface area contributed by atoms with Crippen LogP contribution in [0.4, 0.5) is 0 Å². The van der Waals surface area contributed by atoms with Gasteiger partial charge in [-0.1, -0.05) is 11.6 Å². The van der Waals surface area contributed by atoms with Gasteiger partial charge in [-0.05, 0) is 29.5 Å². The van der Waals surface area contributed by atoms with Crippen molar-refractivity contribution in [1.82, 2.24) is 10.6 Å². The Labute approximate surface area is 119 Å². The molecule has 0 fully saturated rings. The van der Waals surface area contributed by atoms with Crippen LogP contribution in [0, 0.1) is 10.8 Å². The van der Waals surface area contributed by atoms with Gasteiger partial charge in [-0.2, -0.15) is 0 Å². The lowest BCUT2D eigenvalue weighted by Crippen LogP contribution is -2.24. The molecule has 7 heteroatoms. The molecule has 5 nitrogen and oxygen atoms in total. The maximum atomic E-state index is 10.1. The van der Waals surface area contributed by atoms with E-state index in [1.165, 1.54) is 12.4 Å². The van der Waals surface area contributed by atoms with E-state index < -0.39 is 6.10 Å². The van der Waals surface area contributed by atoms with Gasteiger partial charge in [0.15, 0.2) is 0 Å². The van der Waals surface area contributed by atoms with Crippen LogP contribution in [-0.2, 0) is 0 Å². The zero-order valence-electron chi connectivity index (χ0n) is 9.64. The first kappa shape index (κ1) is 16.4. The highest BCUT2D eigenvalue weighted by Crippen LogP contribution is 2.17. The summed E-state index contributed by atoms with van der Waals surface area (Å²) in [6.07, 6.45) is 1.90. The van der Waals surface area contributed by atoms with E-state index in [4.69, 9.17) is 22.4 Å². The summed E-state index contributed by atoms with van der Waals surface area (Å²) in [6.45, 7) is 2.55. The summed E-state index contributed by atoms with van der Waals surface area (Å²) in [5.41, 5.74) is 0.596. The fourth-order valence-corrected chi connectivity index (χ4v) is 1.67. The molecule has 0 aliphatic rings. The molecule has 0 aromatic carbocycles. The number of hydrogen-bond acceptors (Lipinski definition) is 5. The van der Waals surface area contributed by atoms with Gasteiger partial charge in [0.2, 0.25) is 0 Å². The first-order valence-corrected chi connectivity index (χ1v) is 6.39. The Morgan fingerprint density at radius 3 is 2.35 bits per heavy atom. The summed E-state index contributed by atoms with van der Waals surface area (Å²) in [5, 5.41) is 30.4. The van der Waals surface area contributed by atoms with Crippen LogP contribution in [0.2, 0.25) is 0 Å². The van der Waals surface area contributed by atoms with Crippen molar-refractivity contribution >= 4 is 43.1 Å². The SMILES string of the molecule is CCN/C=C(\C(=N)Cl)C(O)/C(=C/NC)C(=N)I. The second-order valence-corrected chi connectivity index (χ2v) is 4.53. The van der Waals surface area contributed by atoms with Crippen molar-refractivity contribution in [3.8, 4) is 0 Å². The van der Waals surface area contributed by atoms with Gasteiger partial charge in [-0.15, -0.1) is 0 Å². The number of nitrogens with one attached hydrogen (secondary N) is 4. The predicted molar refractivity (Wildman–Crippen MR) is 80.2 cm³/mol. The molecule has 1 unspecified atom stereocenters. The zero-order valence-corrected chi connectivity index (χ0v) is 12.6. The van der Waals surface area contributed by atoms with Crippen LogP contribution < -0.4 is 10.6 Å². The minimum Gasteiger partial charge on any atom is -0.394 e. The van der Waals surface area contributed by atoms with Crippen molar-refractivity contribution in [2.45, 2.75) is 13.0 Å². The molecule has 0 aromatic heterocycles. The van der Waals surface area contributed by atoms with E-state index in [0.717, 1.165) is 0 Å². The first-order valence-electron chi connectivity index (χ1n) is 4.93. The van der Waals surface area contributed by atoms with Crippen LogP contribution in [0.5, 0.6) is 0 Å². The molecular formula is C10H16ClIN4O. The Hall–Kier alpha value is -0.600. The number of aliphatic hydroxyl groups is 1. The highest BCUT2D eigenvalue weighted by atomic mass is 127. The summed E-state index contributed by atoms with van der Waals surface area (Å²) in [4.78, 5) is 0. The highest BCUT2D eigenvalue weighted by molar-refractivity contribution is 14.1. The number of halogens is 2. The van der Waals surface area contributed by atoms with Crippen molar-refractivity contribution in [2.24, 2.45) is 0 Å². The molecule has 0 saturated heterocycles. The molecule has 0 aliphatic carbocycles. The van der Waals surface area contributed by atoms with Gasteiger partial charge in [0.05, 0.1) is 3.72 Å². The molecule has 0 bridgehead atoms. The zero-order chi connectivity index (χ0) is 13.4. The van der Waals surface area contributed by atoms with Crippen LogP contribution in [0.15, 0.2) is 23.5 Å². The first-order chi connectivity index (χ1) is 7.95. The summed E-state index contributed by atoms with van der Waals surface area (Å²) >= 11 is 7.41. The van der Waals surface area contributed by atoms with E-state index in [-0.39, 0.29) is 14.5 Å². The van der Waals surface area contributed by atoms with E-state index in [1.54, 1.807) is 29.6 Å². The normalized spacial score (nSPS) is 14.2. The lowest BCUT2D eigenvalue weighted by Gasteiger charge is -2.16. The number of rotatable bonds is 7. The predicted octanol–water partition coefficient (Wildman–Crippen LogP) is 1.57. The third-order valence-corrected chi connectivity index (χ3v) is 2.70. The van der Waals surface area contributed by atoms with Gasteiger partial charge in [0, 0.05) is 37.1 Å². The molecular weight excluding hydrogens is 354 g/mol. The average Bonchev–Trinajstić information content (AvgIpc) is 2.25. The molecule has 0 radical (unpaired) electrons. The molecule has 1 atom stereocenters. The van der Waals surface area contributed by atoms with Crippen LogP contribution in [0.25, 0.3) is 0 Å². The third kappa shape index (κ3) is 5.51. The lowest BCUT2D eigenvalue weighted by atomic mass is 10.0. The molecule has 17 heavy (non-hydrogen) atoms. The summed E-state index contributed by atoms with van der Waals surface area (Å²) < 4.78 is 0.185. The molecule has 0 amide bonds. The smallest absolute Gasteiger partial charge is 0.128 e. The number of aliphatic hydroxyl groups excluding tert-OH is 1. The van der Waals surface area contributed by atoms with E-state index in [9.17, 15) is 5.11 Å². The van der Waals surface area contributed by atoms with Crippen molar-refractivity contribution in [3.63, 3.8) is 0 Å². The van der Waals surface area contributed by atoms with Gasteiger partial charge >= 0.3 is 0 Å². The van der Waals surface area contributed by atoms with Gasteiger partial charge in [-0.25, -0.2) is 0 Å². The van der Waals surface area contributed by atoms with E-state index >= 15 is 0 Å². The van der Waals surface area contributed by atoms with Crippen molar-refractivity contribution < 1.29 is 5.11 Å². The Morgan fingerprint density at radius 1 is 1.41 bits per heavy atom. The topological polar surface area (TPSA) is 92.0 Å². The van der Waals surface area contributed by atoms with E-state index in [2.05, 4.69) is 10.6 Å². The maximum Gasteiger partial charge on any atom is 0.128 e. The Balaban J connectivity index is 5.18. The second kappa shape index (κ2) is 8.48. The van der Waals surface area contributed by atoms with Gasteiger partial charge in [0.1, 0.15) is 11.3 Å². The Bertz CT molecular complexity index is 354. The van der Waals surface area contributed by atoms with Crippen LogP contribution in [-0.4, -0.2) is 33.7 Å². The van der Waals surface area contributed by atoms with Crippen molar-refractivity contribution in [1.29, 1.82) is 10.8 Å². The van der Waals surface area contributed by atoms with Crippen LogP contribution in [0.3, 0.4) is 0 Å². The van der Waals surface area contributed by atoms with Crippen LogP contribution in [0.1, 0.15) is 6.92 Å². The quantitative estimate of drug-likeness (QED) is 0.348. The summed E-state index contributed by atoms with van der Waals surface area (Å²) in [7, 11) is 1.67. The monoisotopic (exact) mass is 370 g/mol. The Kier molecular flexibility index (Phi) is 8.19. The molecule has 0 aliphatic heterocycles. The van der Waals surface area contributed by atoms with Gasteiger partial charge in [-0.3, -0.25) is 10.8 Å². The molecule has 0 saturated carbocycles. The van der Waals surface area contributed by atoms with Crippen molar-refractivity contribution in [2.75, 3.05) is 13.6 Å².